The Morgan fingerprint density at radius 3 is 1.71 bits per heavy atom. The Morgan fingerprint density at radius 1 is 0.378 bits per heavy atom. The van der Waals surface area contributed by atoms with Crippen molar-refractivity contribution in [3.8, 4) is 11.1 Å². The van der Waals surface area contributed by atoms with Crippen LogP contribution in [0.5, 0.6) is 0 Å². The molecular weight excluding hydrogens is 540 g/mol. The van der Waals surface area contributed by atoms with Crippen molar-refractivity contribution >= 4 is 70.7 Å². The second-order valence-corrected chi connectivity index (χ2v) is 12.0. The molecule has 0 radical (unpaired) electrons. The number of rotatable bonds is 4. The van der Waals surface area contributed by atoms with Gasteiger partial charge in [0.15, 0.2) is 0 Å². The standard InChI is InChI=1S/C45H30/c1-2-14-33(15-3-1)44-42-19-9-8-18-38(42)39(43-28-23-32-13-5-7-17-37(32)45(43)44)20-10-11-30-21-25-36-34(29-30)24-27-40-35-16-6-4-12-31(35)22-26-41(36)40/h1-10,12-29H,11H2/b20-10+. The van der Waals surface area contributed by atoms with Crippen molar-refractivity contribution in [2.45, 2.75) is 6.42 Å². The molecule has 0 heteroatoms. The van der Waals surface area contributed by atoms with Crippen LogP contribution in [-0.2, 0) is 6.42 Å². The lowest BCUT2D eigenvalue weighted by Crippen LogP contribution is -1.91. The van der Waals surface area contributed by atoms with Crippen molar-refractivity contribution in [1.82, 2.24) is 0 Å². The topological polar surface area (TPSA) is 0 Å². The summed E-state index contributed by atoms with van der Waals surface area (Å²) in [5.41, 5.74) is 5.16. The van der Waals surface area contributed by atoms with Gasteiger partial charge >= 0.3 is 0 Å². The van der Waals surface area contributed by atoms with E-state index < -0.39 is 0 Å². The number of hydrogen-bond donors (Lipinski definition) is 0. The highest BCUT2D eigenvalue weighted by molar-refractivity contribution is 6.25. The first-order valence-corrected chi connectivity index (χ1v) is 15.7. The predicted molar refractivity (Wildman–Crippen MR) is 196 cm³/mol. The minimum atomic E-state index is 0.871. The molecule has 0 atom stereocenters. The summed E-state index contributed by atoms with van der Waals surface area (Å²) in [5, 5.41) is 15.6. The van der Waals surface area contributed by atoms with E-state index in [1.807, 2.05) is 0 Å². The number of hydrogen-bond acceptors (Lipinski definition) is 0. The van der Waals surface area contributed by atoms with Gasteiger partial charge in [-0.2, -0.15) is 0 Å². The lowest BCUT2D eigenvalue weighted by atomic mass is 9.86. The Labute approximate surface area is 262 Å². The van der Waals surface area contributed by atoms with Crippen molar-refractivity contribution in [3.63, 3.8) is 0 Å². The van der Waals surface area contributed by atoms with Crippen molar-refractivity contribution in [1.29, 1.82) is 0 Å². The molecule has 0 aliphatic rings. The number of benzene rings is 9. The van der Waals surface area contributed by atoms with Crippen LogP contribution in [0.2, 0.25) is 0 Å². The zero-order chi connectivity index (χ0) is 29.7. The van der Waals surface area contributed by atoms with E-state index in [9.17, 15) is 0 Å². The molecule has 0 saturated carbocycles. The summed E-state index contributed by atoms with van der Waals surface area (Å²) in [4.78, 5) is 0. The average molecular weight is 571 g/mol. The molecule has 0 bridgehead atoms. The fourth-order valence-corrected chi connectivity index (χ4v) is 7.38. The highest BCUT2D eigenvalue weighted by Gasteiger charge is 2.16. The molecule has 210 valence electrons. The van der Waals surface area contributed by atoms with Crippen LogP contribution in [0.1, 0.15) is 11.1 Å². The number of fused-ring (bicyclic) bond motifs is 9. The molecular formula is C45H30. The normalized spacial score (nSPS) is 12.0. The van der Waals surface area contributed by atoms with Crippen LogP contribution in [0.15, 0.2) is 164 Å². The van der Waals surface area contributed by atoms with E-state index in [-0.39, 0.29) is 0 Å². The average Bonchev–Trinajstić information content (AvgIpc) is 3.11. The molecule has 0 spiro atoms. The van der Waals surface area contributed by atoms with Crippen LogP contribution in [0.3, 0.4) is 0 Å². The lowest BCUT2D eigenvalue weighted by Gasteiger charge is -2.17. The van der Waals surface area contributed by atoms with Crippen molar-refractivity contribution in [2.24, 2.45) is 0 Å². The van der Waals surface area contributed by atoms with E-state index in [0.717, 1.165) is 6.42 Å². The molecule has 45 heavy (non-hydrogen) atoms. The van der Waals surface area contributed by atoms with Crippen LogP contribution in [-0.4, -0.2) is 0 Å². The quantitative estimate of drug-likeness (QED) is 0.146. The second-order valence-electron chi connectivity index (χ2n) is 12.0. The lowest BCUT2D eigenvalue weighted by molar-refractivity contribution is 1.29. The fraction of sp³-hybridized carbons (Fsp3) is 0.0222. The van der Waals surface area contributed by atoms with Gasteiger partial charge < -0.3 is 0 Å². The van der Waals surface area contributed by atoms with Gasteiger partial charge in [-0.3, -0.25) is 0 Å². The van der Waals surface area contributed by atoms with Gasteiger partial charge in [0.1, 0.15) is 0 Å². The van der Waals surface area contributed by atoms with E-state index in [0.29, 0.717) is 0 Å². The van der Waals surface area contributed by atoms with E-state index >= 15 is 0 Å². The summed E-state index contributed by atoms with van der Waals surface area (Å²) < 4.78 is 0. The summed E-state index contributed by atoms with van der Waals surface area (Å²) in [6.45, 7) is 0. The van der Waals surface area contributed by atoms with Gasteiger partial charge in [0.05, 0.1) is 0 Å². The molecule has 9 rings (SSSR count). The smallest absolute Gasteiger partial charge is 0.00143 e. The van der Waals surface area contributed by atoms with Gasteiger partial charge in [0.2, 0.25) is 0 Å². The van der Waals surface area contributed by atoms with Crippen LogP contribution >= 0.6 is 0 Å². The van der Waals surface area contributed by atoms with Gasteiger partial charge in [-0.25, -0.2) is 0 Å². The first-order valence-electron chi connectivity index (χ1n) is 15.7. The molecule has 0 aliphatic heterocycles. The third-order valence-corrected chi connectivity index (χ3v) is 9.46. The molecule has 0 aliphatic carbocycles. The summed E-state index contributed by atoms with van der Waals surface area (Å²) in [6, 6.07) is 57.9. The predicted octanol–water partition coefficient (Wildman–Crippen LogP) is 12.5. The molecule has 0 heterocycles. The van der Waals surface area contributed by atoms with E-state index in [1.54, 1.807) is 0 Å². The van der Waals surface area contributed by atoms with Crippen LogP contribution in [0.25, 0.3) is 81.8 Å². The van der Waals surface area contributed by atoms with Gasteiger partial charge in [-0.05, 0) is 93.3 Å². The SMILES string of the molecule is C(=C\c1c2ccccc2c(-c2ccccc2)c2c1ccc1ccccc12)/Cc1ccc2c(ccc3c4ccccc4ccc23)c1. The van der Waals surface area contributed by atoms with Crippen LogP contribution < -0.4 is 0 Å². The minimum absolute atomic E-state index is 0.871. The number of allylic oxidation sites excluding steroid dienone is 1. The molecule has 9 aromatic rings. The maximum Gasteiger partial charge on any atom is -0.00143 e. The molecule has 0 fully saturated rings. The third kappa shape index (κ3) is 4.22. The largest absolute Gasteiger partial charge is 0.0795 e. The Balaban J connectivity index is 1.18. The molecule has 0 saturated heterocycles. The minimum Gasteiger partial charge on any atom is -0.0795 e. The van der Waals surface area contributed by atoms with E-state index in [4.69, 9.17) is 0 Å². The van der Waals surface area contributed by atoms with E-state index in [1.165, 1.54) is 86.9 Å². The first-order chi connectivity index (χ1) is 22.3. The Morgan fingerprint density at radius 2 is 0.933 bits per heavy atom. The third-order valence-electron chi connectivity index (χ3n) is 9.46. The molecule has 0 unspecified atom stereocenters. The fourth-order valence-electron chi connectivity index (χ4n) is 7.38. The summed E-state index contributed by atoms with van der Waals surface area (Å²) in [6.07, 6.45) is 5.56. The highest BCUT2D eigenvalue weighted by Crippen LogP contribution is 2.43. The van der Waals surface area contributed by atoms with Crippen molar-refractivity contribution < 1.29 is 0 Å². The maximum atomic E-state index is 2.36. The molecule has 9 aromatic carbocycles. The van der Waals surface area contributed by atoms with E-state index in [2.05, 4.69) is 170 Å². The molecule has 0 nitrogen and oxygen atoms in total. The highest BCUT2D eigenvalue weighted by atomic mass is 14.2. The Hall–Kier alpha value is -5.72. The van der Waals surface area contributed by atoms with Gasteiger partial charge in [-0.15, -0.1) is 0 Å². The molecule has 0 aromatic heterocycles. The monoisotopic (exact) mass is 570 g/mol. The van der Waals surface area contributed by atoms with Gasteiger partial charge in [0.25, 0.3) is 0 Å². The van der Waals surface area contributed by atoms with Crippen LogP contribution in [0, 0.1) is 0 Å². The van der Waals surface area contributed by atoms with Crippen molar-refractivity contribution in [3.05, 3.63) is 175 Å². The zero-order valence-corrected chi connectivity index (χ0v) is 24.9. The van der Waals surface area contributed by atoms with Crippen LogP contribution in [0.4, 0.5) is 0 Å². The zero-order valence-electron chi connectivity index (χ0n) is 24.9. The summed E-state index contributed by atoms with van der Waals surface area (Å²) in [5.74, 6) is 0. The summed E-state index contributed by atoms with van der Waals surface area (Å²) in [7, 11) is 0. The molecule has 0 amide bonds. The first kappa shape index (κ1) is 25.7. The maximum absolute atomic E-state index is 2.36. The van der Waals surface area contributed by atoms with Gasteiger partial charge in [0, 0.05) is 0 Å². The van der Waals surface area contributed by atoms with Crippen molar-refractivity contribution in [2.75, 3.05) is 0 Å². The second kappa shape index (κ2) is 10.5. The Bertz CT molecular complexity index is 2600. The molecule has 0 N–H and O–H groups in total. The van der Waals surface area contributed by atoms with Gasteiger partial charge in [-0.1, -0.05) is 170 Å². The Kier molecular flexibility index (Phi) is 5.99. The summed E-state index contributed by atoms with van der Waals surface area (Å²) >= 11 is 0.